The zero-order valence-corrected chi connectivity index (χ0v) is 11.1. The van der Waals surface area contributed by atoms with Gasteiger partial charge in [-0.3, -0.25) is 0 Å². The van der Waals surface area contributed by atoms with Gasteiger partial charge in [0, 0.05) is 4.88 Å². The van der Waals surface area contributed by atoms with Crippen LogP contribution in [0, 0.1) is 6.92 Å². The van der Waals surface area contributed by atoms with Gasteiger partial charge in [-0.1, -0.05) is 12.1 Å². The van der Waals surface area contributed by atoms with Gasteiger partial charge in [-0.15, -0.1) is 11.3 Å². The number of hydrogen-bond donors (Lipinski definition) is 1. The van der Waals surface area contributed by atoms with Gasteiger partial charge in [-0.05, 0) is 37.5 Å². The van der Waals surface area contributed by atoms with E-state index < -0.39 is 0 Å². The quantitative estimate of drug-likeness (QED) is 0.919. The first-order valence-corrected chi connectivity index (χ1v) is 7.04. The van der Waals surface area contributed by atoms with Crippen molar-refractivity contribution < 1.29 is 4.74 Å². The van der Waals surface area contributed by atoms with Gasteiger partial charge < -0.3 is 10.5 Å². The summed E-state index contributed by atoms with van der Waals surface area (Å²) in [5, 5.41) is 0. The van der Waals surface area contributed by atoms with Crippen LogP contribution >= 0.6 is 11.3 Å². The van der Waals surface area contributed by atoms with Crippen LogP contribution in [-0.2, 0) is 0 Å². The van der Waals surface area contributed by atoms with E-state index in [0.29, 0.717) is 6.10 Å². The van der Waals surface area contributed by atoms with Crippen LogP contribution in [0.25, 0.3) is 0 Å². The van der Waals surface area contributed by atoms with Crippen molar-refractivity contribution in [1.29, 1.82) is 0 Å². The Morgan fingerprint density at radius 2 is 2.06 bits per heavy atom. The summed E-state index contributed by atoms with van der Waals surface area (Å²) < 4.78 is 5.72. The number of nitrogens with two attached hydrogens (primary N) is 1. The van der Waals surface area contributed by atoms with Crippen LogP contribution < -0.4 is 10.5 Å². The SMILES string of the molecule is Cc1ncsc1C(N)c1ccc(OC2CC2)cc1. The molecular weight excluding hydrogens is 244 g/mol. The molecule has 1 aromatic heterocycles. The average molecular weight is 260 g/mol. The van der Waals surface area contributed by atoms with E-state index >= 15 is 0 Å². The van der Waals surface area contributed by atoms with Crippen molar-refractivity contribution in [3.05, 3.63) is 45.9 Å². The highest BCUT2D eigenvalue weighted by atomic mass is 32.1. The maximum Gasteiger partial charge on any atom is 0.119 e. The lowest BCUT2D eigenvalue weighted by molar-refractivity contribution is 0.303. The van der Waals surface area contributed by atoms with Crippen LogP contribution in [0.5, 0.6) is 5.75 Å². The smallest absolute Gasteiger partial charge is 0.119 e. The minimum atomic E-state index is -0.0903. The fourth-order valence-corrected chi connectivity index (χ4v) is 2.72. The van der Waals surface area contributed by atoms with Crippen molar-refractivity contribution in [2.75, 3.05) is 0 Å². The van der Waals surface area contributed by atoms with E-state index in [1.54, 1.807) is 11.3 Å². The molecule has 18 heavy (non-hydrogen) atoms. The second kappa shape index (κ2) is 4.71. The van der Waals surface area contributed by atoms with Crippen LogP contribution in [0.15, 0.2) is 29.8 Å². The topological polar surface area (TPSA) is 48.1 Å². The summed E-state index contributed by atoms with van der Waals surface area (Å²) in [5.41, 5.74) is 10.2. The molecule has 3 nitrogen and oxygen atoms in total. The van der Waals surface area contributed by atoms with Gasteiger partial charge in [0.15, 0.2) is 0 Å². The molecule has 2 N–H and O–H groups in total. The summed E-state index contributed by atoms with van der Waals surface area (Å²) in [6.07, 6.45) is 2.80. The van der Waals surface area contributed by atoms with E-state index in [9.17, 15) is 0 Å². The maximum absolute atomic E-state index is 6.25. The molecule has 1 aliphatic carbocycles. The Balaban J connectivity index is 1.77. The maximum atomic E-state index is 6.25. The summed E-state index contributed by atoms with van der Waals surface area (Å²) in [4.78, 5) is 5.37. The fourth-order valence-electron chi connectivity index (χ4n) is 1.89. The molecule has 0 spiro atoms. The highest BCUT2D eigenvalue weighted by Gasteiger charge is 2.23. The summed E-state index contributed by atoms with van der Waals surface area (Å²) in [5.74, 6) is 0.939. The first-order chi connectivity index (χ1) is 8.74. The van der Waals surface area contributed by atoms with Crippen LogP contribution in [0.1, 0.15) is 35.0 Å². The van der Waals surface area contributed by atoms with Crippen LogP contribution in [-0.4, -0.2) is 11.1 Å². The van der Waals surface area contributed by atoms with Gasteiger partial charge in [0.1, 0.15) is 5.75 Å². The van der Waals surface area contributed by atoms with E-state index in [4.69, 9.17) is 10.5 Å². The Morgan fingerprint density at radius 3 is 2.61 bits per heavy atom. The molecule has 1 saturated carbocycles. The number of benzene rings is 1. The molecule has 0 aliphatic heterocycles. The average Bonchev–Trinajstić information content (AvgIpc) is 3.09. The second-order valence-corrected chi connectivity index (χ2v) is 5.55. The summed E-state index contributed by atoms with van der Waals surface area (Å²) in [6.45, 7) is 2.00. The molecule has 1 aliphatic rings. The number of aryl methyl sites for hydroxylation is 1. The first kappa shape index (κ1) is 11.7. The molecule has 0 amide bonds. The van der Waals surface area contributed by atoms with Gasteiger partial charge in [0.05, 0.1) is 23.4 Å². The highest BCUT2D eigenvalue weighted by Crippen LogP contribution is 2.29. The molecule has 0 bridgehead atoms. The van der Waals surface area contributed by atoms with Crippen molar-refractivity contribution in [3.8, 4) is 5.75 Å². The van der Waals surface area contributed by atoms with E-state index in [2.05, 4.69) is 4.98 Å². The lowest BCUT2D eigenvalue weighted by Gasteiger charge is -2.12. The molecule has 0 saturated heterocycles. The molecule has 3 rings (SSSR count). The molecule has 0 radical (unpaired) electrons. The van der Waals surface area contributed by atoms with Crippen LogP contribution in [0.2, 0.25) is 0 Å². The standard InChI is InChI=1S/C14H16N2OS/c1-9-14(18-8-16-9)13(15)10-2-4-11(5-3-10)17-12-6-7-12/h2-5,8,12-13H,6-7,15H2,1H3. The lowest BCUT2D eigenvalue weighted by atomic mass is 10.1. The monoisotopic (exact) mass is 260 g/mol. The number of hydrogen-bond acceptors (Lipinski definition) is 4. The van der Waals surface area contributed by atoms with Crippen LogP contribution in [0.3, 0.4) is 0 Å². The number of thiazole rings is 1. The Morgan fingerprint density at radius 1 is 1.33 bits per heavy atom. The van der Waals surface area contributed by atoms with Gasteiger partial charge in [-0.2, -0.15) is 0 Å². The van der Waals surface area contributed by atoms with Gasteiger partial charge in [-0.25, -0.2) is 4.98 Å². The number of ether oxygens (including phenoxy) is 1. The molecule has 1 heterocycles. The molecule has 94 valence electrons. The Bertz CT molecular complexity index is 531. The third kappa shape index (κ3) is 2.40. The first-order valence-electron chi connectivity index (χ1n) is 6.16. The number of rotatable bonds is 4. The summed E-state index contributed by atoms with van der Waals surface area (Å²) in [6, 6.07) is 8.00. The van der Waals surface area contributed by atoms with Crippen molar-refractivity contribution in [3.63, 3.8) is 0 Å². The summed E-state index contributed by atoms with van der Waals surface area (Å²) >= 11 is 1.61. The molecule has 1 fully saturated rings. The molecule has 1 aromatic carbocycles. The Hall–Kier alpha value is -1.39. The zero-order chi connectivity index (χ0) is 12.5. The normalized spacial score (nSPS) is 16.6. The predicted molar refractivity (Wildman–Crippen MR) is 73.0 cm³/mol. The third-order valence-electron chi connectivity index (χ3n) is 3.13. The van der Waals surface area contributed by atoms with Gasteiger partial charge in [0.25, 0.3) is 0 Å². The largest absolute Gasteiger partial charge is 0.490 e. The second-order valence-electron chi connectivity index (χ2n) is 4.67. The van der Waals surface area contributed by atoms with Crippen molar-refractivity contribution >= 4 is 11.3 Å². The zero-order valence-electron chi connectivity index (χ0n) is 10.3. The predicted octanol–water partition coefficient (Wildman–Crippen LogP) is 3.04. The van der Waals surface area contributed by atoms with E-state index in [1.165, 1.54) is 12.8 Å². The summed E-state index contributed by atoms with van der Waals surface area (Å²) in [7, 11) is 0. The lowest BCUT2D eigenvalue weighted by Crippen LogP contribution is -2.11. The molecule has 1 atom stereocenters. The van der Waals surface area contributed by atoms with Gasteiger partial charge in [0.2, 0.25) is 0 Å². The van der Waals surface area contributed by atoms with E-state index in [-0.39, 0.29) is 6.04 Å². The fraction of sp³-hybridized carbons (Fsp3) is 0.357. The minimum absolute atomic E-state index is 0.0903. The van der Waals surface area contributed by atoms with Gasteiger partial charge >= 0.3 is 0 Å². The highest BCUT2D eigenvalue weighted by molar-refractivity contribution is 7.09. The molecule has 1 unspecified atom stereocenters. The Kier molecular flexibility index (Phi) is 3.06. The number of aromatic nitrogens is 1. The van der Waals surface area contributed by atoms with Crippen molar-refractivity contribution in [1.82, 2.24) is 4.98 Å². The molecule has 4 heteroatoms. The number of nitrogens with zero attached hydrogens (tertiary/aromatic N) is 1. The molecular formula is C14H16N2OS. The third-order valence-corrected chi connectivity index (χ3v) is 4.15. The van der Waals surface area contributed by atoms with E-state index in [1.807, 2.05) is 36.7 Å². The van der Waals surface area contributed by atoms with Crippen LogP contribution in [0.4, 0.5) is 0 Å². The van der Waals surface area contributed by atoms with Crippen molar-refractivity contribution in [2.24, 2.45) is 5.73 Å². The minimum Gasteiger partial charge on any atom is -0.490 e. The Labute approximate surface area is 111 Å². The molecule has 2 aromatic rings. The van der Waals surface area contributed by atoms with Crippen molar-refractivity contribution in [2.45, 2.75) is 31.9 Å². The van der Waals surface area contributed by atoms with E-state index in [0.717, 1.165) is 21.9 Å².